The normalized spacial score (nSPS) is 29.1. The Morgan fingerprint density at radius 2 is 1.67 bits per heavy atom. The summed E-state index contributed by atoms with van der Waals surface area (Å²) in [6.45, 7) is 18.3. The molecule has 0 amide bonds. The number of ether oxygens (including phenoxy) is 1. The Kier molecular flexibility index (Phi) is 8.24. The fourth-order valence-corrected chi connectivity index (χ4v) is 7.37. The third-order valence-electron chi connectivity index (χ3n) is 5.88. The van der Waals surface area contributed by atoms with Gasteiger partial charge in [0.15, 0.2) is 0 Å². The van der Waals surface area contributed by atoms with Gasteiger partial charge in [-0.2, -0.15) is 5.06 Å². The van der Waals surface area contributed by atoms with E-state index in [0.29, 0.717) is 0 Å². The van der Waals surface area contributed by atoms with Gasteiger partial charge in [0.25, 0.3) is 0 Å². The first-order chi connectivity index (χ1) is 13.8. The Balaban J connectivity index is 2.45. The van der Waals surface area contributed by atoms with Crippen LogP contribution in [0.3, 0.4) is 0 Å². The standard InChI is InChI=1S/C22H42NO6P/c1-10-26-30(25,27-11-2)20(21(4,5)6)23(22(7,8)9)29-17-14-12-13-16-18(17)15(3)19(24)28-16/h15-18,20H,10-14H2,1-9H3/t15-,16-,17+,18-,20?/m0/s1. The van der Waals surface area contributed by atoms with E-state index in [0.717, 1.165) is 19.3 Å². The van der Waals surface area contributed by atoms with E-state index in [2.05, 4.69) is 0 Å². The summed E-state index contributed by atoms with van der Waals surface area (Å²) in [4.78, 5) is 18.9. The molecule has 0 N–H and O–H groups in total. The van der Waals surface area contributed by atoms with Gasteiger partial charge >= 0.3 is 13.6 Å². The fraction of sp³-hybridized carbons (Fsp3) is 0.955. The number of rotatable bonds is 8. The summed E-state index contributed by atoms with van der Waals surface area (Å²) >= 11 is 0. The maximum atomic E-state index is 14.0. The Morgan fingerprint density at radius 1 is 1.10 bits per heavy atom. The second-order valence-corrected chi connectivity index (χ2v) is 12.6. The number of hydroxylamine groups is 2. The smallest absolute Gasteiger partial charge is 0.350 e. The van der Waals surface area contributed by atoms with E-state index >= 15 is 0 Å². The monoisotopic (exact) mass is 447 g/mol. The summed E-state index contributed by atoms with van der Waals surface area (Å²) in [5.74, 6) is -0.973. The van der Waals surface area contributed by atoms with Crippen LogP contribution < -0.4 is 0 Å². The largest absolute Gasteiger partial charge is 0.462 e. The molecule has 0 bridgehead atoms. The van der Waals surface area contributed by atoms with Crippen molar-refractivity contribution in [2.24, 2.45) is 17.3 Å². The predicted octanol–water partition coefficient (Wildman–Crippen LogP) is 5.39. The molecule has 1 heterocycles. The molecule has 5 atom stereocenters. The first-order valence-electron chi connectivity index (χ1n) is 11.3. The topological polar surface area (TPSA) is 74.3 Å². The van der Waals surface area contributed by atoms with Crippen molar-refractivity contribution in [2.45, 2.75) is 105 Å². The van der Waals surface area contributed by atoms with Gasteiger partial charge in [-0.1, -0.05) is 27.7 Å². The van der Waals surface area contributed by atoms with E-state index in [1.54, 1.807) is 0 Å². The summed E-state index contributed by atoms with van der Waals surface area (Å²) in [5, 5.41) is 1.83. The maximum Gasteiger partial charge on any atom is 0.350 e. The highest BCUT2D eigenvalue weighted by Crippen LogP contribution is 2.61. The third-order valence-corrected chi connectivity index (χ3v) is 8.70. The molecule has 0 radical (unpaired) electrons. The second-order valence-electron chi connectivity index (χ2n) is 10.5. The van der Waals surface area contributed by atoms with Crippen LogP contribution in [0.5, 0.6) is 0 Å². The van der Waals surface area contributed by atoms with E-state index in [-0.39, 0.29) is 43.2 Å². The zero-order chi connectivity index (χ0) is 22.9. The Labute approximate surface area is 182 Å². The highest BCUT2D eigenvalue weighted by molar-refractivity contribution is 7.54. The van der Waals surface area contributed by atoms with E-state index in [1.807, 2.05) is 67.4 Å². The lowest BCUT2D eigenvalue weighted by molar-refractivity contribution is -0.284. The van der Waals surface area contributed by atoms with Crippen LogP contribution in [0.15, 0.2) is 0 Å². The van der Waals surface area contributed by atoms with Crippen molar-refractivity contribution in [1.82, 2.24) is 5.06 Å². The van der Waals surface area contributed by atoms with Gasteiger partial charge < -0.3 is 13.8 Å². The molecule has 1 saturated carbocycles. The number of fused-ring (bicyclic) bond motifs is 1. The lowest BCUT2D eigenvalue weighted by Crippen LogP contribution is -2.56. The molecule has 30 heavy (non-hydrogen) atoms. The van der Waals surface area contributed by atoms with Crippen molar-refractivity contribution in [3.8, 4) is 0 Å². The predicted molar refractivity (Wildman–Crippen MR) is 117 cm³/mol. The molecule has 7 nitrogen and oxygen atoms in total. The minimum atomic E-state index is -3.52. The molecular formula is C22H42NO6P. The maximum absolute atomic E-state index is 14.0. The number of hydrogen-bond donors (Lipinski definition) is 0. The van der Waals surface area contributed by atoms with Crippen molar-refractivity contribution >= 4 is 13.6 Å². The van der Waals surface area contributed by atoms with Crippen LogP contribution in [0.2, 0.25) is 0 Å². The number of nitrogens with zero attached hydrogens (tertiary/aromatic N) is 1. The van der Waals surface area contributed by atoms with Crippen LogP contribution in [0.25, 0.3) is 0 Å². The van der Waals surface area contributed by atoms with Crippen molar-refractivity contribution in [3.05, 3.63) is 0 Å². The minimum Gasteiger partial charge on any atom is -0.462 e. The average Bonchev–Trinajstić information content (AvgIpc) is 2.88. The van der Waals surface area contributed by atoms with E-state index < -0.39 is 24.3 Å². The van der Waals surface area contributed by atoms with Crippen LogP contribution in [-0.4, -0.2) is 47.8 Å². The van der Waals surface area contributed by atoms with Crippen LogP contribution >= 0.6 is 7.60 Å². The van der Waals surface area contributed by atoms with Crippen molar-refractivity contribution in [1.29, 1.82) is 0 Å². The molecule has 2 aliphatic rings. The first-order valence-corrected chi connectivity index (χ1v) is 12.9. The van der Waals surface area contributed by atoms with Crippen molar-refractivity contribution in [2.75, 3.05) is 13.2 Å². The van der Waals surface area contributed by atoms with Gasteiger partial charge in [0.1, 0.15) is 11.9 Å². The lowest BCUT2D eigenvalue weighted by atomic mass is 9.78. The summed E-state index contributed by atoms with van der Waals surface area (Å²) in [6, 6.07) is 0. The molecule has 0 aromatic carbocycles. The van der Waals surface area contributed by atoms with E-state index in [9.17, 15) is 9.36 Å². The molecule has 1 saturated heterocycles. The first kappa shape index (κ1) is 25.8. The van der Waals surface area contributed by atoms with Gasteiger partial charge in [0.05, 0.1) is 25.2 Å². The highest BCUT2D eigenvalue weighted by atomic mass is 31.2. The molecule has 176 valence electrons. The van der Waals surface area contributed by atoms with E-state index in [4.69, 9.17) is 18.6 Å². The number of carbonyl (C=O) groups excluding carboxylic acids is 1. The molecule has 0 spiro atoms. The van der Waals surface area contributed by atoms with Gasteiger partial charge in [-0.05, 0) is 59.3 Å². The third kappa shape index (κ3) is 5.47. The van der Waals surface area contributed by atoms with Gasteiger partial charge in [-0.3, -0.25) is 14.2 Å². The van der Waals surface area contributed by atoms with Gasteiger partial charge in [0, 0.05) is 11.5 Å². The molecule has 1 aliphatic carbocycles. The molecule has 1 aliphatic heterocycles. The SMILES string of the molecule is CCOP(=O)(OCC)C(N(O[C@@H]1CCC[C@@H]2OC(=O)[C@@H](C)[C@@H]21)C(C)(C)C)C(C)(C)C. The Bertz CT molecular complexity index is 631. The number of hydrogen-bond acceptors (Lipinski definition) is 7. The fourth-order valence-electron chi connectivity index (χ4n) is 4.68. The van der Waals surface area contributed by atoms with Crippen LogP contribution in [0, 0.1) is 17.3 Å². The summed E-state index contributed by atoms with van der Waals surface area (Å²) in [6.07, 6.45) is 2.34. The molecule has 1 unspecified atom stereocenters. The van der Waals surface area contributed by atoms with Gasteiger partial charge in [-0.25, -0.2) is 0 Å². The van der Waals surface area contributed by atoms with Gasteiger partial charge in [-0.15, -0.1) is 0 Å². The average molecular weight is 448 g/mol. The Hall–Kier alpha value is -0.460. The van der Waals surface area contributed by atoms with Gasteiger partial charge in [0.2, 0.25) is 0 Å². The van der Waals surface area contributed by atoms with Crippen LogP contribution in [-0.2, 0) is 28.0 Å². The number of esters is 1. The highest BCUT2D eigenvalue weighted by Gasteiger charge is 2.54. The lowest BCUT2D eigenvalue weighted by Gasteiger charge is -2.49. The summed E-state index contributed by atoms with van der Waals surface area (Å²) in [7, 11) is -3.52. The van der Waals surface area contributed by atoms with Crippen LogP contribution in [0.4, 0.5) is 0 Å². The molecule has 2 fully saturated rings. The Morgan fingerprint density at radius 3 is 2.13 bits per heavy atom. The molecule has 0 aromatic rings. The molecule has 8 heteroatoms. The second kappa shape index (κ2) is 9.58. The molecule has 0 aromatic heterocycles. The molecule has 2 rings (SSSR count). The zero-order valence-electron chi connectivity index (χ0n) is 20.3. The quantitative estimate of drug-likeness (QED) is 0.281. The number of carbonyl (C=O) groups is 1. The zero-order valence-corrected chi connectivity index (χ0v) is 21.2. The summed E-state index contributed by atoms with van der Waals surface area (Å²) < 4.78 is 31.2. The minimum absolute atomic E-state index is 0.00436. The van der Waals surface area contributed by atoms with Crippen molar-refractivity contribution < 1.29 is 28.0 Å². The van der Waals surface area contributed by atoms with Crippen LogP contribution in [0.1, 0.15) is 81.6 Å². The van der Waals surface area contributed by atoms with Crippen molar-refractivity contribution in [3.63, 3.8) is 0 Å². The molecular weight excluding hydrogens is 405 g/mol. The van der Waals surface area contributed by atoms with E-state index in [1.165, 1.54) is 0 Å². The summed E-state index contributed by atoms with van der Waals surface area (Å²) in [5.41, 5.74) is -0.920.